The number of aromatic nitrogens is 3. The first kappa shape index (κ1) is 16.6. The molecular formula is C21H24N4O. The van der Waals surface area contributed by atoms with Crippen LogP contribution in [-0.2, 0) is 0 Å². The second-order valence-corrected chi connectivity index (χ2v) is 6.98. The molecule has 2 aromatic heterocycles. The fourth-order valence-corrected chi connectivity index (χ4v) is 3.67. The molecule has 1 aliphatic heterocycles. The first-order chi connectivity index (χ1) is 12.6. The first-order valence-electron chi connectivity index (χ1n) is 9.24. The van der Waals surface area contributed by atoms with Crippen LogP contribution in [0.4, 0.5) is 0 Å². The summed E-state index contributed by atoms with van der Waals surface area (Å²) in [5.74, 6) is 0.901. The molecule has 1 fully saturated rings. The summed E-state index contributed by atoms with van der Waals surface area (Å²) in [6.07, 6.45) is 7.30. The summed E-state index contributed by atoms with van der Waals surface area (Å²) < 4.78 is 3.87. The van der Waals surface area contributed by atoms with Gasteiger partial charge in [0, 0.05) is 25.5 Å². The van der Waals surface area contributed by atoms with Gasteiger partial charge in [-0.05, 0) is 62.9 Å². The van der Waals surface area contributed by atoms with Gasteiger partial charge in [0.2, 0.25) is 0 Å². The third-order valence-electron chi connectivity index (χ3n) is 4.99. The zero-order valence-electron chi connectivity index (χ0n) is 15.4. The Morgan fingerprint density at radius 1 is 1.00 bits per heavy atom. The Labute approximate surface area is 153 Å². The van der Waals surface area contributed by atoms with Gasteiger partial charge in [-0.2, -0.15) is 5.10 Å². The number of aryl methyl sites for hydroxylation is 2. The molecule has 5 nitrogen and oxygen atoms in total. The number of rotatable bonds is 3. The molecule has 3 heterocycles. The van der Waals surface area contributed by atoms with E-state index in [9.17, 15) is 4.79 Å². The first-order valence-corrected chi connectivity index (χ1v) is 9.24. The Hall–Kier alpha value is -2.82. The summed E-state index contributed by atoms with van der Waals surface area (Å²) in [4.78, 5) is 15.3. The van der Waals surface area contributed by atoms with E-state index in [1.807, 2.05) is 57.7 Å². The monoisotopic (exact) mass is 348 g/mol. The lowest BCUT2D eigenvalue weighted by Crippen LogP contribution is -2.36. The van der Waals surface area contributed by atoms with Crippen molar-refractivity contribution in [1.82, 2.24) is 19.2 Å². The molecule has 0 unspecified atom stereocenters. The van der Waals surface area contributed by atoms with Gasteiger partial charge in [0.25, 0.3) is 5.91 Å². The topological polar surface area (TPSA) is 43.1 Å². The van der Waals surface area contributed by atoms with Crippen molar-refractivity contribution >= 4 is 5.91 Å². The summed E-state index contributed by atoms with van der Waals surface area (Å²) in [5, 5.41) is 4.74. The van der Waals surface area contributed by atoms with Crippen molar-refractivity contribution in [1.29, 1.82) is 0 Å². The lowest BCUT2D eigenvalue weighted by molar-refractivity contribution is 0.0723. The molecule has 1 aromatic carbocycles. The zero-order chi connectivity index (χ0) is 18.1. The van der Waals surface area contributed by atoms with E-state index >= 15 is 0 Å². The number of carbonyl (C=O) groups is 1. The van der Waals surface area contributed by atoms with Crippen LogP contribution in [0, 0.1) is 13.8 Å². The smallest absolute Gasteiger partial charge is 0.259 e. The molecule has 1 aliphatic rings. The van der Waals surface area contributed by atoms with Crippen LogP contribution in [-0.4, -0.2) is 38.2 Å². The Morgan fingerprint density at radius 2 is 1.73 bits per heavy atom. The van der Waals surface area contributed by atoms with Crippen LogP contribution in [0.3, 0.4) is 0 Å². The molecule has 3 aromatic rings. The molecule has 26 heavy (non-hydrogen) atoms. The van der Waals surface area contributed by atoms with Crippen LogP contribution in [0.5, 0.6) is 0 Å². The van der Waals surface area contributed by atoms with Gasteiger partial charge in [0.15, 0.2) is 5.82 Å². The van der Waals surface area contributed by atoms with Crippen LogP contribution in [0.25, 0.3) is 11.5 Å². The van der Waals surface area contributed by atoms with E-state index < -0.39 is 0 Å². The van der Waals surface area contributed by atoms with E-state index in [1.54, 1.807) is 0 Å². The van der Waals surface area contributed by atoms with Crippen LogP contribution in [0.1, 0.15) is 40.9 Å². The van der Waals surface area contributed by atoms with Crippen molar-refractivity contribution in [3.05, 3.63) is 65.6 Å². The summed E-state index contributed by atoms with van der Waals surface area (Å²) in [5.41, 5.74) is 3.60. The molecule has 0 atom stereocenters. The van der Waals surface area contributed by atoms with E-state index in [-0.39, 0.29) is 5.91 Å². The highest BCUT2D eigenvalue weighted by atomic mass is 16.2. The molecule has 4 rings (SSSR count). The SMILES string of the molecule is Cc1cccc(-n2nc(C)c(C(=O)N3CCCCC3)c2-n2cccc2)c1. The van der Waals surface area contributed by atoms with Gasteiger partial charge in [-0.25, -0.2) is 4.68 Å². The van der Waals surface area contributed by atoms with Crippen LogP contribution < -0.4 is 0 Å². The highest BCUT2D eigenvalue weighted by Gasteiger charge is 2.28. The minimum Gasteiger partial charge on any atom is -0.338 e. The average molecular weight is 348 g/mol. The lowest BCUT2D eigenvalue weighted by Gasteiger charge is -2.27. The number of benzene rings is 1. The van der Waals surface area contributed by atoms with Gasteiger partial charge < -0.3 is 9.47 Å². The number of hydrogen-bond donors (Lipinski definition) is 0. The van der Waals surface area contributed by atoms with E-state index in [0.29, 0.717) is 5.56 Å². The number of likely N-dealkylation sites (tertiary alicyclic amines) is 1. The van der Waals surface area contributed by atoms with Crippen molar-refractivity contribution < 1.29 is 4.79 Å². The van der Waals surface area contributed by atoms with Gasteiger partial charge >= 0.3 is 0 Å². The minimum atomic E-state index is 0.0878. The maximum atomic E-state index is 13.3. The van der Waals surface area contributed by atoms with Crippen molar-refractivity contribution in [2.24, 2.45) is 0 Å². The zero-order valence-corrected chi connectivity index (χ0v) is 15.4. The van der Waals surface area contributed by atoms with Gasteiger partial charge in [-0.3, -0.25) is 4.79 Å². The fourth-order valence-electron chi connectivity index (χ4n) is 3.67. The van der Waals surface area contributed by atoms with Gasteiger partial charge in [0.05, 0.1) is 11.4 Å². The van der Waals surface area contributed by atoms with Crippen molar-refractivity contribution in [3.63, 3.8) is 0 Å². The molecular weight excluding hydrogens is 324 g/mol. The van der Waals surface area contributed by atoms with Crippen molar-refractivity contribution in [3.8, 4) is 11.5 Å². The number of piperidine rings is 1. The Kier molecular flexibility index (Phi) is 4.37. The standard InChI is InChI=1S/C21H24N4O/c1-16-9-8-10-18(15-16)25-20(23-11-6-7-12-23)19(17(2)22-25)21(26)24-13-4-3-5-14-24/h6-12,15H,3-5,13-14H2,1-2H3. The molecule has 0 bridgehead atoms. The minimum absolute atomic E-state index is 0.0878. The second-order valence-electron chi connectivity index (χ2n) is 6.98. The normalized spacial score (nSPS) is 14.6. The molecule has 1 saturated heterocycles. The molecule has 0 radical (unpaired) electrons. The van der Waals surface area contributed by atoms with Gasteiger partial charge in [-0.15, -0.1) is 0 Å². The van der Waals surface area contributed by atoms with Crippen molar-refractivity contribution in [2.45, 2.75) is 33.1 Å². The van der Waals surface area contributed by atoms with Gasteiger partial charge in [0.1, 0.15) is 5.56 Å². The summed E-state index contributed by atoms with van der Waals surface area (Å²) in [7, 11) is 0. The largest absolute Gasteiger partial charge is 0.338 e. The summed E-state index contributed by atoms with van der Waals surface area (Å²) >= 11 is 0. The Bertz CT molecular complexity index is 918. The fraction of sp³-hybridized carbons (Fsp3) is 0.333. The van der Waals surface area contributed by atoms with Crippen molar-refractivity contribution in [2.75, 3.05) is 13.1 Å². The molecule has 134 valence electrons. The van der Waals surface area contributed by atoms with Gasteiger partial charge in [-0.1, -0.05) is 12.1 Å². The number of amides is 1. The number of carbonyl (C=O) groups excluding carboxylic acids is 1. The maximum Gasteiger partial charge on any atom is 0.259 e. The number of nitrogens with zero attached hydrogens (tertiary/aromatic N) is 4. The number of hydrogen-bond acceptors (Lipinski definition) is 2. The predicted octanol–water partition coefficient (Wildman–Crippen LogP) is 3.91. The summed E-state index contributed by atoms with van der Waals surface area (Å²) in [6.45, 7) is 5.66. The third-order valence-corrected chi connectivity index (χ3v) is 4.99. The van der Waals surface area contributed by atoms with E-state index in [0.717, 1.165) is 48.7 Å². The van der Waals surface area contributed by atoms with E-state index in [4.69, 9.17) is 5.10 Å². The van der Waals surface area contributed by atoms with Crippen LogP contribution >= 0.6 is 0 Å². The second kappa shape index (κ2) is 6.83. The predicted molar refractivity (Wildman–Crippen MR) is 102 cm³/mol. The molecule has 0 aliphatic carbocycles. The van der Waals surface area contributed by atoms with Crippen LogP contribution in [0.2, 0.25) is 0 Å². The highest BCUT2D eigenvalue weighted by molar-refractivity contribution is 5.98. The third kappa shape index (κ3) is 2.94. The Morgan fingerprint density at radius 3 is 2.42 bits per heavy atom. The quantitative estimate of drug-likeness (QED) is 0.720. The van der Waals surface area contributed by atoms with E-state index in [1.165, 1.54) is 6.42 Å². The van der Waals surface area contributed by atoms with Crippen LogP contribution in [0.15, 0.2) is 48.8 Å². The molecule has 1 amide bonds. The molecule has 0 spiro atoms. The summed E-state index contributed by atoms with van der Waals surface area (Å²) in [6, 6.07) is 12.1. The average Bonchev–Trinajstić information content (AvgIpc) is 3.29. The molecule has 0 saturated carbocycles. The molecule has 5 heteroatoms. The lowest BCUT2D eigenvalue weighted by atomic mass is 10.1. The highest BCUT2D eigenvalue weighted by Crippen LogP contribution is 2.26. The maximum absolute atomic E-state index is 13.3. The van der Waals surface area contributed by atoms with E-state index in [2.05, 4.69) is 19.1 Å². The molecule has 0 N–H and O–H groups in total. The Balaban J connectivity index is 1.87.